The molecule has 0 radical (unpaired) electrons. The smallest absolute Gasteiger partial charge is 0.408 e. The van der Waals surface area contributed by atoms with Crippen LogP contribution in [0, 0.1) is 11.8 Å². The summed E-state index contributed by atoms with van der Waals surface area (Å²) in [6.07, 6.45) is 0.211. The van der Waals surface area contributed by atoms with Crippen LogP contribution in [0.1, 0.15) is 61.3 Å². The summed E-state index contributed by atoms with van der Waals surface area (Å²) in [6, 6.07) is -1.54. The first-order valence-electron chi connectivity index (χ1n) is 8.41. The highest BCUT2D eigenvalue weighted by Gasteiger charge is 2.28. The molecule has 0 aliphatic carbocycles. The van der Waals surface area contributed by atoms with Crippen molar-refractivity contribution >= 4 is 17.9 Å². The Morgan fingerprint density at radius 1 is 0.917 bits per heavy atom. The standard InChI is InChI=1S/C17H33N3O4/c1-10(2)8-12(14(18)21)19-15(22)13(9-11(3)4)20-16(23)24-17(5,6)7/h10-13H,8-9H2,1-7H3,(H2,18,21)(H,19,22)(H,20,23)/t12-,13-/m1/s1. The number of hydrogen-bond acceptors (Lipinski definition) is 4. The van der Waals surface area contributed by atoms with E-state index in [4.69, 9.17) is 10.5 Å². The van der Waals surface area contributed by atoms with Gasteiger partial charge in [0.2, 0.25) is 11.8 Å². The van der Waals surface area contributed by atoms with Crippen LogP contribution in [-0.4, -0.2) is 35.6 Å². The molecule has 0 spiro atoms. The molecule has 24 heavy (non-hydrogen) atoms. The van der Waals surface area contributed by atoms with Crippen molar-refractivity contribution < 1.29 is 19.1 Å². The fraction of sp³-hybridized carbons (Fsp3) is 0.824. The third kappa shape index (κ3) is 10.1. The van der Waals surface area contributed by atoms with Gasteiger partial charge in [0.1, 0.15) is 17.7 Å². The van der Waals surface area contributed by atoms with Crippen molar-refractivity contribution in [2.75, 3.05) is 0 Å². The maximum absolute atomic E-state index is 12.5. The van der Waals surface area contributed by atoms with Crippen molar-refractivity contribution in [1.82, 2.24) is 10.6 Å². The van der Waals surface area contributed by atoms with E-state index in [0.29, 0.717) is 12.8 Å². The molecule has 0 heterocycles. The lowest BCUT2D eigenvalue weighted by Gasteiger charge is -2.26. The average molecular weight is 343 g/mol. The first-order valence-corrected chi connectivity index (χ1v) is 8.41. The zero-order valence-corrected chi connectivity index (χ0v) is 15.9. The van der Waals surface area contributed by atoms with Gasteiger partial charge >= 0.3 is 6.09 Å². The Labute approximate surface area is 145 Å². The molecule has 140 valence electrons. The number of carbonyl (C=O) groups is 3. The van der Waals surface area contributed by atoms with E-state index in [1.54, 1.807) is 20.8 Å². The van der Waals surface area contributed by atoms with Crippen LogP contribution >= 0.6 is 0 Å². The van der Waals surface area contributed by atoms with Crippen molar-refractivity contribution in [3.63, 3.8) is 0 Å². The second-order valence-corrected chi connectivity index (χ2v) is 7.92. The normalized spacial score (nSPS) is 14.2. The third-order valence-corrected chi connectivity index (χ3v) is 3.08. The van der Waals surface area contributed by atoms with Gasteiger partial charge < -0.3 is 21.1 Å². The van der Waals surface area contributed by atoms with Crippen LogP contribution in [0.2, 0.25) is 0 Å². The molecule has 0 aliphatic heterocycles. The number of primary amides is 1. The van der Waals surface area contributed by atoms with Gasteiger partial charge in [-0.2, -0.15) is 0 Å². The van der Waals surface area contributed by atoms with Crippen molar-refractivity contribution in [3.8, 4) is 0 Å². The molecule has 0 aromatic heterocycles. The summed E-state index contributed by atoms with van der Waals surface area (Å²) in [5.74, 6) is -0.644. The molecule has 3 amide bonds. The molecule has 0 aromatic carbocycles. The van der Waals surface area contributed by atoms with Gasteiger partial charge in [0.15, 0.2) is 0 Å². The number of amides is 3. The fourth-order valence-corrected chi connectivity index (χ4v) is 2.14. The maximum Gasteiger partial charge on any atom is 0.408 e. The molecular weight excluding hydrogens is 310 g/mol. The predicted molar refractivity (Wildman–Crippen MR) is 93.2 cm³/mol. The van der Waals surface area contributed by atoms with E-state index < -0.39 is 35.6 Å². The van der Waals surface area contributed by atoms with Crippen molar-refractivity contribution in [1.29, 1.82) is 0 Å². The van der Waals surface area contributed by atoms with Gasteiger partial charge in [0, 0.05) is 0 Å². The Bertz CT molecular complexity index is 442. The van der Waals surface area contributed by atoms with E-state index in [-0.39, 0.29) is 11.8 Å². The zero-order chi connectivity index (χ0) is 19.1. The minimum atomic E-state index is -0.783. The molecule has 0 saturated carbocycles. The Morgan fingerprint density at radius 2 is 1.38 bits per heavy atom. The average Bonchev–Trinajstić information content (AvgIpc) is 2.33. The van der Waals surface area contributed by atoms with Crippen LogP contribution in [0.4, 0.5) is 4.79 Å². The van der Waals surface area contributed by atoms with E-state index in [2.05, 4.69) is 10.6 Å². The van der Waals surface area contributed by atoms with Gasteiger partial charge in [-0.25, -0.2) is 4.79 Å². The minimum absolute atomic E-state index is 0.174. The summed E-state index contributed by atoms with van der Waals surface area (Å²) in [6.45, 7) is 13.0. The van der Waals surface area contributed by atoms with E-state index >= 15 is 0 Å². The number of rotatable bonds is 8. The first-order chi connectivity index (χ1) is 10.8. The Balaban J connectivity index is 4.98. The summed E-state index contributed by atoms with van der Waals surface area (Å²) < 4.78 is 5.20. The number of hydrogen-bond donors (Lipinski definition) is 3. The highest BCUT2D eigenvalue weighted by molar-refractivity contribution is 5.90. The largest absolute Gasteiger partial charge is 0.444 e. The quantitative estimate of drug-likeness (QED) is 0.625. The monoisotopic (exact) mass is 343 g/mol. The van der Waals surface area contributed by atoms with Crippen molar-refractivity contribution in [2.45, 2.75) is 79.0 Å². The Morgan fingerprint density at radius 3 is 1.75 bits per heavy atom. The molecule has 7 heteroatoms. The summed E-state index contributed by atoms with van der Waals surface area (Å²) in [7, 11) is 0. The fourth-order valence-electron chi connectivity index (χ4n) is 2.14. The van der Waals surface area contributed by atoms with Gasteiger partial charge in [-0.1, -0.05) is 27.7 Å². The van der Waals surface area contributed by atoms with Gasteiger partial charge in [-0.15, -0.1) is 0 Å². The van der Waals surface area contributed by atoms with Crippen LogP contribution in [0.3, 0.4) is 0 Å². The van der Waals surface area contributed by atoms with E-state index in [0.717, 1.165) is 0 Å². The summed E-state index contributed by atoms with van der Waals surface area (Å²) in [5, 5.41) is 5.21. The number of carbonyl (C=O) groups excluding carboxylic acids is 3. The molecule has 0 saturated heterocycles. The molecule has 7 nitrogen and oxygen atoms in total. The van der Waals surface area contributed by atoms with E-state index in [1.807, 2.05) is 27.7 Å². The van der Waals surface area contributed by atoms with Crippen LogP contribution in [0.15, 0.2) is 0 Å². The highest BCUT2D eigenvalue weighted by Crippen LogP contribution is 2.11. The SMILES string of the molecule is CC(C)C[C@@H](NC(=O)[C@@H](CC(C)C)NC(=O)OC(C)(C)C)C(N)=O. The third-order valence-electron chi connectivity index (χ3n) is 3.08. The highest BCUT2D eigenvalue weighted by atomic mass is 16.6. The van der Waals surface area contributed by atoms with Gasteiger partial charge in [-0.3, -0.25) is 9.59 Å². The Hall–Kier alpha value is -1.79. The molecule has 0 aromatic rings. The van der Waals surface area contributed by atoms with E-state index in [9.17, 15) is 14.4 Å². The lowest BCUT2D eigenvalue weighted by molar-refractivity contribution is -0.129. The lowest BCUT2D eigenvalue weighted by Crippen LogP contribution is -2.54. The second kappa shape index (κ2) is 9.49. The van der Waals surface area contributed by atoms with Gasteiger partial charge in [0.05, 0.1) is 0 Å². The Kier molecular flexibility index (Phi) is 8.78. The van der Waals surface area contributed by atoms with Crippen molar-refractivity contribution in [2.24, 2.45) is 17.6 Å². The van der Waals surface area contributed by atoms with Gasteiger partial charge in [-0.05, 0) is 45.4 Å². The topological polar surface area (TPSA) is 111 Å². The van der Waals surface area contributed by atoms with Crippen LogP contribution < -0.4 is 16.4 Å². The summed E-state index contributed by atoms with van der Waals surface area (Å²) in [5.41, 5.74) is 4.70. The number of ether oxygens (including phenoxy) is 1. The summed E-state index contributed by atoms with van der Waals surface area (Å²) in [4.78, 5) is 36.0. The second-order valence-electron chi connectivity index (χ2n) is 7.92. The predicted octanol–water partition coefficient (Wildman–Crippen LogP) is 1.94. The van der Waals surface area contributed by atoms with Crippen LogP contribution in [0.5, 0.6) is 0 Å². The van der Waals surface area contributed by atoms with Gasteiger partial charge in [0.25, 0.3) is 0 Å². The maximum atomic E-state index is 12.5. The molecule has 4 N–H and O–H groups in total. The molecule has 0 bridgehead atoms. The molecule has 0 unspecified atom stereocenters. The van der Waals surface area contributed by atoms with Crippen LogP contribution in [0.25, 0.3) is 0 Å². The van der Waals surface area contributed by atoms with Crippen LogP contribution in [-0.2, 0) is 14.3 Å². The molecule has 2 atom stereocenters. The first kappa shape index (κ1) is 22.2. The summed E-state index contributed by atoms with van der Waals surface area (Å²) >= 11 is 0. The number of nitrogens with two attached hydrogens (primary N) is 1. The number of nitrogens with one attached hydrogen (secondary N) is 2. The zero-order valence-electron chi connectivity index (χ0n) is 15.9. The molecule has 0 rings (SSSR count). The minimum Gasteiger partial charge on any atom is -0.444 e. The lowest BCUT2D eigenvalue weighted by atomic mass is 10.0. The molecule has 0 aliphatic rings. The van der Waals surface area contributed by atoms with Crippen molar-refractivity contribution in [3.05, 3.63) is 0 Å². The number of alkyl carbamates (subject to hydrolysis) is 1. The molecular formula is C17H33N3O4. The van der Waals surface area contributed by atoms with E-state index in [1.165, 1.54) is 0 Å². The molecule has 0 fully saturated rings.